The number of hydrogen-bond donors (Lipinski definition) is 1. The number of methoxy groups -OCH3 is 1. The van der Waals surface area contributed by atoms with Gasteiger partial charge in [0.25, 0.3) is 0 Å². The molecule has 0 unspecified atom stereocenters. The minimum atomic E-state index is -0.660. The SMILES string of the molecule is CC[C@]1(O)CC(Cl)=C[C@H](OC)C1. The largest absolute Gasteiger partial charge is 0.389 e. The van der Waals surface area contributed by atoms with Crippen molar-refractivity contribution in [1.29, 1.82) is 0 Å². The van der Waals surface area contributed by atoms with E-state index in [-0.39, 0.29) is 6.10 Å². The van der Waals surface area contributed by atoms with E-state index in [4.69, 9.17) is 16.3 Å². The highest BCUT2D eigenvalue weighted by Gasteiger charge is 2.32. The smallest absolute Gasteiger partial charge is 0.0793 e. The van der Waals surface area contributed by atoms with Gasteiger partial charge in [0, 0.05) is 25.0 Å². The van der Waals surface area contributed by atoms with E-state index in [0.29, 0.717) is 17.9 Å². The normalized spacial score (nSPS) is 36.3. The molecule has 0 amide bonds. The standard InChI is InChI=1S/C9H15ClO2/c1-3-9(11)5-7(10)4-8(6-9)12-2/h4,8,11H,3,5-6H2,1-2H3/t8-,9-/m0/s1. The molecule has 1 aliphatic rings. The van der Waals surface area contributed by atoms with E-state index in [1.807, 2.05) is 13.0 Å². The van der Waals surface area contributed by atoms with Gasteiger partial charge in [-0.1, -0.05) is 18.5 Å². The molecule has 1 N–H and O–H groups in total. The Hall–Kier alpha value is -0.0500. The second-order valence-corrected chi connectivity index (χ2v) is 3.83. The lowest BCUT2D eigenvalue weighted by Crippen LogP contribution is -2.36. The third-order valence-corrected chi connectivity index (χ3v) is 2.67. The van der Waals surface area contributed by atoms with Gasteiger partial charge in [-0.2, -0.15) is 0 Å². The maximum absolute atomic E-state index is 9.95. The number of rotatable bonds is 2. The van der Waals surface area contributed by atoms with E-state index in [1.54, 1.807) is 7.11 Å². The lowest BCUT2D eigenvalue weighted by atomic mass is 9.85. The zero-order valence-electron chi connectivity index (χ0n) is 7.51. The molecule has 0 aliphatic heterocycles. The highest BCUT2D eigenvalue weighted by Crippen LogP contribution is 2.33. The van der Waals surface area contributed by atoms with Crippen LogP contribution in [0.2, 0.25) is 0 Å². The fraction of sp³-hybridized carbons (Fsp3) is 0.778. The van der Waals surface area contributed by atoms with Crippen molar-refractivity contribution in [3.8, 4) is 0 Å². The Kier molecular flexibility index (Phi) is 3.16. The summed E-state index contributed by atoms with van der Waals surface area (Å²) in [6, 6.07) is 0. The van der Waals surface area contributed by atoms with E-state index in [2.05, 4.69) is 0 Å². The van der Waals surface area contributed by atoms with Gasteiger partial charge in [-0.15, -0.1) is 0 Å². The number of halogens is 1. The molecule has 12 heavy (non-hydrogen) atoms. The van der Waals surface area contributed by atoms with E-state index in [0.717, 1.165) is 6.42 Å². The second-order valence-electron chi connectivity index (χ2n) is 3.35. The lowest BCUT2D eigenvalue weighted by Gasteiger charge is -2.33. The Bertz CT molecular complexity index is 191. The van der Waals surface area contributed by atoms with Gasteiger partial charge in [0.1, 0.15) is 0 Å². The van der Waals surface area contributed by atoms with Gasteiger partial charge in [0.05, 0.1) is 11.7 Å². The topological polar surface area (TPSA) is 29.5 Å². The van der Waals surface area contributed by atoms with Gasteiger partial charge in [-0.05, 0) is 12.5 Å². The van der Waals surface area contributed by atoms with Crippen LogP contribution in [0.4, 0.5) is 0 Å². The van der Waals surface area contributed by atoms with Crippen LogP contribution in [0.3, 0.4) is 0 Å². The Labute approximate surface area is 78.2 Å². The number of ether oxygens (including phenoxy) is 1. The first-order valence-electron chi connectivity index (χ1n) is 4.21. The fourth-order valence-electron chi connectivity index (χ4n) is 1.50. The molecule has 0 saturated carbocycles. The molecule has 0 heterocycles. The molecule has 70 valence electrons. The third kappa shape index (κ3) is 2.22. The van der Waals surface area contributed by atoms with Crippen LogP contribution >= 0.6 is 11.6 Å². The molecule has 2 nitrogen and oxygen atoms in total. The average Bonchev–Trinajstić information content (AvgIpc) is 2.03. The second kappa shape index (κ2) is 3.77. The van der Waals surface area contributed by atoms with E-state index in [1.165, 1.54) is 0 Å². The molecular weight excluding hydrogens is 176 g/mol. The van der Waals surface area contributed by atoms with Crippen molar-refractivity contribution in [1.82, 2.24) is 0 Å². The van der Waals surface area contributed by atoms with Crippen LogP contribution in [0.15, 0.2) is 11.1 Å². The summed E-state index contributed by atoms with van der Waals surface area (Å²) < 4.78 is 5.14. The van der Waals surface area contributed by atoms with Crippen molar-refractivity contribution in [3.63, 3.8) is 0 Å². The van der Waals surface area contributed by atoms with E-state index < -0.39 is 5.60 Å². The molecule has 3 heteroatoms. The van der Waals surface area contributed by atoms with Crippen LogP contribution < -0.4 is 0 Å². The number of aliphatic hydroxyl groups is 1. The van der Waals surface area contributed by atoms with Crippen LogP contribution in [-0.2, 0) is 4.74 Å². The van der Waals surface area contributed by atoms with Crippen molar-refractivity contribution < 1.29 is 9.84 Å². The Morgan fingerprint density at radius 2 is 2.50 bits per heavy atom. The highest BCUT2D eigenvalue weighted by atomic mass is 35.5. The summed E-state index contributed by atoms with van der Waals surface area (Å²) in [6.07, 6.45) is 3.76. The molecule has 0 bridgehead atoms. The maximum atomic E-state index is 9.95. The fourth-order valence-corrected chi connectivity index (χ4v) is 1.89. The first-order chi connectivity index (χ1) is 5.59. The predicted octanol–water partition coefficient (Wildman–Crippen LogP) is 2.06. The molecule has 0 saturated heterocycles. The summed E-state index contributed by atoms with van der Waals surface area (Å²) >= 11 is 5.87. The molecule has 1 rings (SSSR count). The minimum absolute atomic E-state index is 0.0313. The van der Waals surface area contributed by atoms with Crippen molar-refractivity contribution in [2.24, 2.45) is 0 Å². The summed E-state index contributed by atoms with van der Waals surface area (Å²) in [6.45, 7) is 1.96. The van der Waals surface area contributed by atoms with Crippen molar-refractivity contribution >= 4 is 11.6 Å². The molecule has 0 radical (unpaired) electrons. The number of hydrogen-bond acceptors (Lipinski definition) is 2. The first kappa shape index (κ1) is 10.0. The Morgan fingerprint density at radius 3 is 3.00 bits per heavy atom. The third-order valence-electron chi connectivity index (χ3n) is 2.41. The van der Waals surface area contributed by atoms with Gasteiger partial charge in [0.2, 0.25) is 0 Å². The van der Waals surface area contributed by atoms with Crippen LogP contribution in [0, 0.1) is 0 Å². The zero-order chi connectivity index (χ0) is 9.19. The Balaban J connectivity index is 2.71. The summed E-state index contributed by atoms with van der Waals surface area (Å²) in [5.74, 6) is 0. The minimum Gasteiger partial charge on any atom is -0.389 e. The van der Waals surface area contributed by atoms with E-state index in [9.17, 15) is 5.11 Å². The maximum Gasteiger partial charge on any atom is 0.0793 e. The van der Waals surface area contributed by atoms with Crippen LogP contribution in [0.5, 0.6) is 0 Å². The average molecular weight is 191 g/mol. The monoisotopic (exact) mass is 190 g/mol. The van der Waals surface area contributed by atoms with Gasteiger partial charge in [0.15, 0.2) is 0 Å². The van der Waals surface area contributed by atoms with Gasteiger partial charge < -0.3 is 9.84 Å². The summed E-state index contributed by atoms with van der Waals surface area (Å²) in [5.41, 5.74) is -0.660. The van der Waals surface area contributed by atoms with Gasteiger partial charge in [-0.3, -0.25) is 0 Å². The molecule has 0 aromatic carbocycles. The predicted molar refractivity (Wildman–Crippen MR) is 49.2 cm³/mol. The Morgan fingerprint density at radius 1 is 1.83 bits per heavy atom. The zero-order valence-corrected chi connectivity index (χ0v) is 8.27. The van der Waals surface area contributed by atoms with Crippen LogP contribution in [0.1, 0.15) is 26.2 Å². The molecule has 0 spiro atoms. The summed E-state index contributed by atoms with van der Waals surface area (Å²) in [5, 5.41) is 10.7. The van der Waals surface area contributed by atoms with Crippen LogP contribution in [0.25, 0.3) is 0 Å². The van der Waals surface area contributed by atoms with Gasteiger partial charge >= 0.3 is 0 Å². The summed E-state index contributed by atoms with van der Waals surface area (Å²) in [4.78, 5) is 0. The molecule has 0 aromatic rings. The first-order valence-corrected chi connectivity index (χ1v) is 4.59. The van der Waals surface area contributed by atoms with Gasteiger partial charge in [-0.25, -0.2) is 0 Å². The molecule has 0 aromatic heterocycles. The van der Waals surface area contributed by atoms with Crippen LogP contribution in [-0.4, -0.2) is 23.9 Å². The molecule has 0 fully saturated rings. The lowest BCUT2D eigenvalue weighted by molar-refractivity contribution is -0.0197. The van der Waals surface area contributed by atoms with Crippen molar-refractivity contribution in [2.45, 2.75) is 37.9 Å². The molecule has 1 aliphatic carbocycles. The van der Waals surface area contributed by atoms with E-state index >= 15 is 0 Å². The molecular formula is C9H15ClO2. The van der Waals surface area contributed by atoms with Crippen molar-refractivity contribution in [2.75, 3.05) is 7.11 Å². The van der Waals surface area contributed by atoms with Crippen molar-refractivity contribution in [3.05, 3.63) is 11.1 Å². The summed E-state index contributed by atoms with van der Waals surface area (Å²) in [7, 11) is 1.63. The quantitative estimate of drug-likeness (QED) is 0.723. The highest BCUT2D eigenvalue weighted by molar-refractivity contribution is 6.29. The molecule has 2 atom stereocenters.